The molecule has 0 fully saturated rings. The number of carbonyl (C=O) groups is 2. The van der Waals surface area contributed by atoms with Crippen molar-refractivity contribution in [2.75, 3.05) is 0 Å². The largest absolute Gasteiger partial charge is 0.456 e. The number of ketones is 1. The van der Waals surface area contributed by atoms with Crippen molar-refractivity contribution in [3.8, 4) is 0 Å². The molecule has 0 rings (SSSR count). The van der Waals surface area contributed by atoms with Gasteiger partial charge in [-0.2, -0.15) is 0 Å². The molecule has 0 saturated carbocycles. The van der Waals surface area contributed by atoms with E-state index in [9.17, 15) is 9.59 Å². The number of esters is 1. The summed E-state index contributed by atoms with van der Waals surface area (Å²) >= 11 is 0. The van der Waals surface area contributed by atoms with Crippen LogP contribution in [-0.4, -0.2) is 17.4 Å². The molecule has 0 radical (unpaired) electrons. The highest BCUT2D eigenvalue weighted by molar-refractivity contribution is 6.15. The predicted octanol–water partition coefficient (Wildman–Crippen LogP) is 1.47. The standard InChI is InChI=1S/C9H14O3/c1-6(7(2)10)8(11)12-9(3,4)5/h1H2,2-5H3. The zero-order valence-corrected chi connectivity index (χ0v) is 7.93. The monoisotopic (exact) mass is 170 g/mol. The SMILES string of the molecule is C=C(C(C)=O)C(=O)OC(C)(C)C. The van der Waals surface area contributed by atoms with Gasteiger partial charge in [0.15, 0.2) is 5.78 Å². The molecule has 0 aliphatic carbocycles. The molecule has 3 heteroatoms. The van der Waals surface area contributed by atoms with Crippen molar-refractivity contribution >= 4 is 11.8 Å². The smallest absolute Gasteiger partial charge is 0.341 e. The average Bonchev–Trinajstić information content (AvgIpc) is 1.82. The Hall–Kier alpha value is -1.12. The van der Waals surface area contributed by atoms with Crippen LogP contribution in [-0.2, 0) is 14.3 Å². The number of rotatable bonds is 2. The molecule has 0 spiro atoms. The molecule has 0 aromatic carbocycles. The highest BCUT2D eigenvalue weighted by Crippen LogP contribution is 2.10. The molecule has 0 amide bonds. The van der Waals surface area contributed by atoms with E-state index in [2.05, 4.69) is 6.58 Å². The lowest BCUT2D eigenvalue weighted by Crippen LogP contribution is -2.26. The van der Waals surface area contributed by atoms with Gasteiger partial charge in [-0.05, 0) is 27.7 Å². The number of hydrogen-bond acceptors (Lipinski definition) is 3. The van der Waals surface area contributed by atoms with Crippen molar-refractivity contribution in [1.29, 1.82) is 0 Å². The number of ether oxygens (including phenoxy) is 1. The Kier molecular flexibility index (Phi) is 3.19. The maximum atomic E-state index is 11.1. The van der Waals surface area contributed by atoms with E-state index in [-0.39, 0.29) is 11.4 Å². The van der Waals surface area contributed by atoms with Crippen molar-refractivity contribution in [1.82, 2.24) is 0 Å². The van der Waals surface area contributed by atoms with Crippen LogP contribution in [0.2, 0.25) is 0 Å². The van der Waals surface area contributed by atoms with Crippen molar-refractivity contribution < 1.29 is 14.3 Å². The van der Waals surface area contributed by atoms with Crippen LogP contribution < -0.4 is 0 Å². The minimum atomic E-state index is -0.644. The lowest BCUT2D eigenvalue weighted by molar-refractivity contribution is -0.150. The summed E-state index contributed by atoms with van der Waals surface area (Å²) in [5.74, 6) is -1.00. The molecule has 0 heterocycles. The fourth-order valence-corrected chi connectivity index (χ4v) is 0.483. The fraction of sp³-hybridized carbons (Fsp3) is 0.556. The molecular formula is C9H14O3. The molecule has 0 aromatic heterocycles. The van der Waals surface area contributed by atoms with E-state index in [0.717, 1.165) is 0 Å². The van der Waals surface area contributed by atoms with Crippen molar-refractivity contribution in [2.45, 2.75) is 33.3 Å². The molecular weight excluding hydrogens is 156 g/mol. The third-order valence-corrected chi connectivity index (χ3v) is 1.07. The van der Waals surface area contributed by atoms with Gasteiger partial charge in [0.2, 0.25) is 0 Å². The molecule has 0 aliphatic heterocycles. The van der Waals surface area contributed by atoms with E-state index >= 15 is 0 Å². The second kappa shape index (κ2) is 3.52. The molecule has 3 nitrogen and oxygen atoms in total. The summed E-state index contributed by atoms with van der Waals surface area (Å²) in [5, 5.41) is 0. The maximum absolute atomic E-state index is 11.1. The van der Waals surface area contributed by atoms with Crippen LogP contribution in [0.1, 0.15) is 27.7 Å². The third-order valence-electron chi connectivity index (χ3n) is 1.07. The van der Waals surface area contributed by atoms with Gasteiger partial charge in [-0.25, -0.2) is 4.79 Å². The van der Waals surface area contributed by atoms with Crippen molar-refractivity contribution in [3.63, 3.8) is 0 Å². The van der Waals surface area contributed by atoms with E-state index in [1.165, 1.54) is 6.92 Å². The van der Waals surface area contributed by atoms with Gasteiger partial charge >= 0.3 is 5.97 Å². The minimum absolute atomic E-state index is 0.107. The van der Waals surface area contributed by atoms with Gasteiger partial charge in [0, 0.05) is 0 Å². The highest BCUT2D eigenvalue weighted by Gasteiger charge is 2.20. The molecule has 68 valence electrons. The zero-order chi connectivity index (χ0) is 9.94. The Labute approximate surface area is 72.4 Å². The Morgan fingerprint density at radius 3 is 1.92 bits per heavy atom. The summed E-state index contributed by atoms with van der Waals surface area (Å²) in [6.45, 7) is 9.80. The Morgan fingerprint density at radius 2 is 1.67 bits per heavy atom. The van der Waals surface area contributed by atoms with Crippen LogP contribution in [0, 0.1) is 0 Å². The quantitative estimate of drug-likeness (QED) is 0.273. The summed E-state index contributed by atoms with van der Waals surface area (Å²) < 4.78 is 4.90. The van der Waals surface area contributed by atoms with Gasteiger partial charge in [0.05, 0.1) is 5.57 Å². The van der Waals surface area contributed by atoms with Crippen LogP contribution in [0.5, 0.6) is 0 Å². The van der Waals surface area contributed by atoms with Gasteiger partial charge in [-0.1, -0.05) is 6.58 Å². The first kappa shape index (κ1) is 10.9. The summed E-state index contributed by atoms with van der Waals surface area (Å²) in [6, 6.07) is 0. The second-order valence-corrected chi connectivity index (χ2v) is 3.54. The Bertz CT molecular complexity index is 220. The maximum Gasteiger partial charge on any atom is 0.341 e. The summed E-state index contributed by atoms with van der Waals surface area (Å²) in [6.07, 6.45) is 0. The summed E-state index contributed by atoms with van der Waals surface area (Å²) in [4.78, 5) is 21.7. The van der Waals surface area contributed by atoms with Crippen LogP contribution >= 0.6 is 0 Å². The van der Waals surface area contributed by atoms with Crippen LogP contribution in [0.15, 0.2) is 12.2 Å². The first-order valence-electron chi connectivity index (χ1n) is 3.67. The number of carbonyl (C=O) groups excluding carboxylic acids is 2. The van der Waals surface area contributed by atoms with Gasteiger partial charge in [0.25, 0.3) is 0 Å². The van der Waals surface area contributed by atoms with Crippen LogP contribution in [0.3, 0.4) is 0 Å². The van der Waals surface area contributed by atoms with Gasteiger partial charge in [-0.3, -0.25) is 4.79 Å². The molecule has 0 atom stereocenters. The van der Waals surface area contributed by atoms with E-state index in [1.807, 2.05) is 0 Å². The lowest BCUT2D eigenvalue weighted by atomic mass is 10.1. The number of Topliss-reactive ketones (excluding diaryl/α,β-unsaturated/α-hetero) is 1. The topological polar surface area (TPSA) is 43.4 Å². The average molecular weight is 170 g/mol. The molecule has 0 saturated heterocycles. The van der Waals surface area contributed by atoms with Gasteiger partial charge < -0.3 is 4.74 Å². The summed E-state index contributed by atoms with van der Waals surface area (Å²) in [7, 11) is 0. The van der Waals surface area contributed by atoms with Gasteiger partial charge in [-0.15, -0.1) is 0 Å². The van der Waals surface area contributed by atoms with E-state index < -0.39 is 11.6 Å². The lowest BCUT2D eigenvalue weighted by Gasteiger charge is -2.19. The van der Waals surface area contributed by atoms with Crippen molar-refractivity contribution in [3.05, 3.63) is 12.2 Å². The Balaban J connectivity index is 4.25. The van der Waals surface area contributed by atoms with Crippen molar-refractivity contribution in [2.24, 2.45) is 0 Å². The first-order chi connectivity index (χ1) is 5.24. The third kappa shape index (κ3) is 3.91. The van der Waals surface area contributed by atoms with Crippen LogP contribution in [0.25, 0.3) is 0 Å². The molecule has 0 unspecified atom stereocenters. The Morgan fingerprint density at radius 1 is 1.25 bits per heavy atom. The fourth-order valence-electron chi connectivity index (χ4n) is 0.483. The normalized spacial score (nSPS) is 10.7. The predicted molar refractivity (Wildman–Crippen MR) is 45.7 cm³/mol. The second-order valence-electron chi connectivity index (χ2n) is 3.54. The molecule has 0 aromatic rings. The zero-order valence-electron chi connectivity index (χ0n) is 7.93. The minimum Gasteiger partial charge on any atom is -0.456 e. The van der Waals surface area contributed by atoms with Gasteiger partial charge in [0.1, 0.15) is 5.60 Å². The number of hydrogen-bond donors (Lipinski definition) is 0. The van der Waals surface area contributed by atoms with E-state index in [1.54, 1.807) is 20.8 Å². The summed E-state index contributed by atoms with van der Waals surface area (Å²) in [5.41, 5.74) is -0.680. The van der Waals surface area contributed by atoms with Crippen LogP contribution in [0.4, 0.5) is 0 Å². The van der Waals surface area contributed by atoms with E-state index in [0.29, 0.717) is 0 Å². The highest BCUT2D eigenvalue weighted by atomic mass is 16.6. The molecule has 0 N–H and O–H groups in total. The molecule has 0 aliphatic rings. The first-order valence-corrected chi connectivity index (χ1v) is 3.67. The van der Waals surface area contributed by atoms with E-state index in [4.69, 9.17) is 4.74 Å². The molecule has 0 bridgehead atoms. The molecule has 12 heavy (non-hydrogen) atoms.